The van der Waals surface area contributed by atoms with Crippen molar-refractivity contribution >= 4 is 0 Å². The van der Waals surface area contributed by atoms with E-state index in [0.29, 0.717) is 18.7 Å². The van der Waals surface area contributed by atoms with Crippen LogP contribution in [0.15, 0.2) is 0 Å². The van der Waals surface area contributed by atoms with Crippen LogP contribution in [0.25, 0.3) is 0 Å². The number of rotatable bonds is 2. The Balaban J connectivity index is 1.66. The average Bonchev–Trinajstić information content (AvgIpc) is 2.88. The third-order valence-electron chi connectivity index (χ3n) is 4.97. The van der Waals surface area contributed by atoms with E-state index in [1.165, 1.54) is 6.42 Å². The molecule has 0 aromatic heterocycles. The van der Waals surface area contributed by atoms with Crippen molar-refractivity contribution in [3.8, 4) is 0 Å². The Morgan fingerprint density at radius 1 is 1.17 bits per heavy atom. The first kappa shape index (κ1) is 12.9. The van der Waals surface area contributed by atoms with Gasteiger partial charge in [-0.15, -0.1) is 0 Å². The predicted molar refractivity (Wildman–Crippen MR) is 68.6 cm³/mol. The molecule has 4 nitrogen and oxygen atoms in total. The maximum atomic E-state index is 9.48. The maximum absolute atomic E-state index is 9.48. The van der Waals surface area contributed by atoms with Gasteiger partial charge in [0.05, 0.1) is 12.2 Å². The molecule has 4 heteroatoms. The largest absolute Gasteiger partial charge is 0.395 e. The summed E-state index contributed by atoms with van der Waals surface area (Å²) in [6.45, 7) is 4.03. The quantitative estimate of drug-likeness (QED) is 0.804. The number of hydrogen-bond acceptors (Lipinski definition) is 4. The molecule has 2 unspecified atom stereocenters. The molecule has 104 valence electrons. The number of ether oxygens (including phenoxy) is 2. The van der Waals surface area contributed by atoms with Crippen LogP contribution in [0, 0.1) is 0 Å². The molecule has 0 aliphatic carbocycles. The van der Waals surface area contributed by atoms with E-state index in [2.05, 4.69) is 4.90 Å². The van der Waals surface area contributed by atoms with Gasteiger partial charge in [0.25, 0.3) is 0 Å². The molecule has 0 aromatic rings. The Morgan fingerprint density at radius 2 is 2.00 bits per heavy atom. The van der Waals surface area contributed by atoms with Crippen molar-refractivity contribution in [1.82, 2.24) is 4.90 Å². The highest BCUT2D eigenvalue weighted by Gasteiger charge is 2.42. The molecule has 3 aliphatic rings. The smallest absolute Gasteiger partial charge is 0.0741 e. The third-order valence-corrected chi connectivity index (χ3v) is 4.97. The molecule has 18 heavy (non-hydrogen) atoms. The summed E-state index contributed by atoms with van der Waals surface area (Å²) in [6.07, 6.45) is 6.73. The lowest BCUT2D eigenvalue weighted by Gasteiger charge is -2.46. The van der Waals surface area contributed by atoms with Gasteiger partial charge in [0, 0.05) is 31.9 Å². The lowest BCUT2D eigenvalue weighted by Crippen LogP contribution is -2.52. The summed E-state index contributed by atoms with van der Waals surface area (Å²) in [5.41, 5.74) is 0.0732. The molecule has 0 radical (unpaired) electrons. The van der Waals surface area contributed by atoms with Crippen molar-refractivity contribution < 1.29 is 14.6 Å². The first-order valence-electron chi connectivity index (χ1n) is 7.41. The van der Waals surface area contributed by atoms with Gasteiger partial charge in [-0.25, -0.2) is 0 Å². The molecule has 0 bridgehead atoms. The highest BCUT2D eigenvalue weighted by Crippen LogP contribution is 2.37. The minimum absolute atomic E-state index is 0.0732. The van der Waals surface area contributed by atoms with Crippen LogP contribution < -0.4 is 0 Å². The Bertz CT molecular complexity index is 273. The molecule has 0 saturated carbocycles. The molecule has 3 rings (SSSR count). The van der Waals surface area contributed by atoms with Gasteiger partial charge < -0.3 is 14.6 Å². The van der Waals surface area contributed by atoms with Crippen molar-refractivity contribution in [2.45, 2.75) is 56.2 Å². The van der Waals surface area contributed by atoms with Crippen LogP contribution in [0.4, 0.5) is 0 Å². The second kappa shape index (κ2) is 5.45. The molecule has 3 aliphatic heterocycles. The summed E-state index contributed by atoms with van der Waals surface area (Å²) in [5.74, 6) is 0. The first-order chi connectivity index (χ1) is 8.83. The van der Waals surface area contributed by atoms with Crippen LogP contribution in [0.3, 0.4) is 0 Å². The lowest BCUT2D eigenvalue weighted by atomic mass is 9.83. The van der Waals surface area contributed by atoms with Crippen molar-refractivity contribution in [2.24, 2.45) is 0 Å². The van der Waals surface area contributed by atoms with Crippen LogP contribution in [0.5, 0.6) is 0 Å². The van der Waals surface area contributed by atoms with E-state index in [-0.39, 0.29) is 5.60 Å². The topological polar surface area (TPSA) is 41.9 Å². The molecule has 0 amide bonds. The van der Waals surface area contributed by atoms with Crippen LogP contribution in [0.2, 0.25) is 0 Å². The second-order valence-electron chi connectivity index (χ2n) is 6.01. The van der Waals surface area contributed by atoms with E-state index < -0.39 is 0 Å². The molecule has 2 atom stereocenters. The molecule has 3 fully saturated rings. The summed E-state index contributed by atoms with van der Waals surface area (Å²) in [7, 11) is 0. The van der Waals surface area contributed by atoms with Gasteiger partial charge in [0.2, 0.25) is 0 Å². The van der Waals surface area contributed by atoms with Gasteiger partial charge in [0.1, 0.15) is 0 Å². The van der Waals surface area contributed by atoms with E-state index >= 15 is 0 Å². The summed E-state index contributed by atoms with van der Waals surface area (Å²) >= 11 is 0. The van der Waals surface area contributed by atoms with Gasteiger partial charge in [-0.3, -0.25) is 4.90 Å². The number of likely N-dealkylation sites (tertiary alicyclic amines) is 1. The predicted octanol–water partition coefficient (Wildman–Crippen LogP) is 1.17. The zero-order valence-electron chi connectivity index (χ0n) is 11.1. The standard InChI is InChI=1S/C14H25NO3/c16-11-13-2-1-6-15(13)12-3-7-18-14(10-12)4-8-17-9-5-14/h12-13,16H,1-11H2. The van der Waals surface area contributed by atoms with E-state index in [1.807, 2.05) is 0 Å². The summed E-state index contributed by atoms with van der Waals surface area (Å²) < 4.78 is 11.6. The van der Waals surface area contributed by atoms with Gasteiger partial charge in [0.15, 0.2) is 0 Å². The number of hydrogen-bond donors (Lipinski definition) is 1. The van der Waals surface area contributed by atoms with Crippen molar-refractivity contribution in [3.63, 3.8) is 0 Å². The molecule has 1 spiro atoms. The van der Waals surface area contributed by atoms with E-state index in [4.69, 9.17) is 9.47 Å². The fourth-order valence-electron chi connectivity index (χ4n) is 3.91. The van der Waals surface area contributed by atoms with Gasteiger partial charge in [-0.2, -0.15) is 0 Å². The van der Waals surface area contributed by atoms with Gasteiger partial charge in [-0.1, -0.05) is 0 Å². The molecule has 3 heterocycles. The Labute approximate surface area is 109 Å². The molecule has 0 aromatic carbocycles. The minimum Gasteiger partial charge on any atom is -0.395 e. The SMILES string of the molecule is OCC1CCCN1C1CCOC2(CCOCC2)C1. The lowest BCUT2D eigenvalue weighted by molar-refractivity contribution is -0.153. The third kappa shape index (κ3) is 2.44. The first-order valence-corrected chi connectivity index (χ1v) is 7.41. The van der Waals surface area contributed by atoms with Gasteiger partial charge in [-0.05, 0) is 45.1 Å². The summed E-state index contributed by atoms with van der Waals surface area (Å²) in [5, 5.41) is 9.48. The normalized spacial score (nSPS) is 37.2. The summed E-state index contributed by atoms with van der Waals surface area (Å²) in [4.78, 5) is 2.54. The van der Waals surface area contributed by atoms with E-state index in [0.717, 1.165) is 58.5 Å². The molecular weight excluding hydrogens is 230 g/mol. The highest BCUT2D eigenvalue weighted by molar-refractivity contribution is 4.95. The molecular formula is C14H25NO3. The van der Waals surface area contributed by atoms with Crippen molar-refractivity contribution in [2.75, 3.05) is 33.0 Å². The number of nitrogens with zero attached hydrogens (tertiary/aromatic N) is 1. The Morgan fingerprint density at radius 3 is 2.78 bits per heavy atom. The minimum atomic E-state index is 0.0732. The van der Waals surface area contributed by atoms with Gasteiger partial charge >= 0.3 is 0 Å². The second-order valence-corrected chi connectivity index (χ2v) is 6.01. The van der Waals surface area contributed by atoms with Crippen LogP contribution in [-0.2, 0) is 9.47 Å². The zero-order chi connectivity index (χ0) is 12.4. The Kier molecular flexibility index (Phi) is 3.89. The number of aliphatic hydroxyl groups excluding tert-OH is 1. The van der Waals surface area contributed by atoms with Crippen LogP contribution >= 0.6 is 0 Å². The zero-order valence-corrected chi connectivity index (χ0v) is 11.1. The maximum Gasteiger partial charge on any atom is 0.0741 e. The van der Waals surface area contributed by atoms with Crippen molar-refractivity contribution in [3.05, 3.63) is 0 Å². The number of aliphatic hydroxyl groups is 1. The summed E-state index contributed by atoms with van der Waals surface area (Å²) in [6, 6.07) is 1.00. The fraction of sp³-hybridized carbons (Fsp3) is 1.00. The van der Waals surface area contributed by atoms with Crippen molar-refractivity contribution in [1.29, 1.82) is 0 Å². The Hall–Kier alpha value is -0.160. The van der Waals surface area contributed by atoms with Crippen LogP contribution in [-0.4, -0.2) is 60.7 Å². The molecule has 3 saturated heterocycles. The monoisotopic (exact) mass is 255 g/mol. The average molecular weight is 255 g/mol. The fourth-order valence-corrected chi connectivity index (χ4v) is 3.91. The molecule has 1 N–H and O–H groups in total. The highest BCUT2D eigenvalue weighted by atomic mass is 16.5. The van der Waals surface area contributed by atoms with E-state index in [9.17, 15) is 5.11 Å². The van der Waals surface area contributed by atoms with Crippen LogP contribution in [0.1, 0.15) is 38.5 Å². The van der Waals surface area contributed by atoms with E-state index in [1.54, 1.807) is 0 Å².